The van der Waals surface area contributed by atoms with Crippen molar-refractivity contribution in [2.24, 2.45) is 0 Å². The Hall–Kier alpha value is -3.01. The minimum Gasteiger partial charge on any atom is -0.370 e. The van der Waals surface area contributed by atoms with Crippen LogP contribution in [0.15, 0.2) is 82.8 Å². The molecule has 0 unspecified atom stereocenters. The van der Waals surface area contributed by atoms with Crippen molar-refractivity contribution in [3.05, 3.63) is 77.8 Å². The van der Waals surface area contributed by atoms with E-state index in [1.807, 2.05) is 24.3 Å². The second-order valence-corrected chi connectivity index (χ2v) is 11.4. The van der Waals surface area contributed by atoms with Gasteiger partial charge in [-0.1, -0.05) is 41.9 Å². The van der Waals surface area contributed by atoms with Gasteiger partial charge in [0.15, 0.2) is 11.0 Å². The first kappa shape index (κ1) is 23.7. The van der Waals surface area contributed by atoms with E-state index in [1.54, 1.807) is 48.5 Å². The van der Waals surface area contributed by atoms with Crippen molar-refractivity contribution in [2.45, 2.75) is 22.9 Å². The summed E-state index contributed by atoms with van der Waals surface area (Å²) in [5, 5.41) is 3.86. The van der Waals surface area contributed by atoms with Crippen LogP contribution in [-0.4, -0.2) is 38.2 Å². The number of thioether (sulfide) groups is 1. The molecule has 180 valence electrons. The van der Waals surface area contributed by atoms with E-state index in [0.29, 0.717) is 26.9 Å². The maximum atomic E-state index is 13.5. The number of imidazole rings is 1. The molecule has 1 aliphatic heterocycles. The zero-order valence-corrected chi connectivity index (χ0v) is 21.2. The van der Waals surface area contributed by atoms with Crippen molar-refractivity contribution in [1.29, 1.82) is 0 Å². The Morgan fingerprint density at radius 3 is 2.51 bits per heavy atom. The number of carbonyl (C=O) groups excluding carboxylic acids is 1. The van der Waals surface area contributed by atoms with Crippen LogP contribution in [0.1, 0.15) is 12.8 Å². The highest BCUT2D eigenvalue weighted by atomic mass is 35.5. The largest absolute Gasteiger partial charge is 0.370 e. The van der Waals surface area contributed by atoms with Crippen LogP contribution < -0.4 is 14.2 Å². The molecule has 0 aliphatic carbocycles. The Balaban J connectivity index is 1.41. The smallest absolute Gasteiger partial charge is 0.336 e. The van der Waals surface area contributed by atoms with Crippen LogP contribution in [0.3, 0.4) is 0 Å². The highest BCUT2D eigenvalue weighted by Crippen LogP contribution is 2.32. The number of benzene rings is 3. The molecule has 2 heterocycles. The quantitative estimate of drug-likeness (QED) is 0.269. The molecule has 0 bridgehead atoms. The van der Waals surface area contributed by atoms with Crippen LogP contribution in [0.5, 0.6) is 0 Å². The standard InChI is InChI=1S/C25H23ClN4O3S2/c26-18-12-13-22(29-14-6-7-15-29)21(16-18)27-24(31)17-34-25-28-20-10-4-5-11-23(20)30(25)35(32,33)19-8-2-1-3-9-19/h1-5,8-13,16H,6-7,14-15,17H2,(H,27,31)/p+1. The fraction of sp³-hybridized carbons (Fsp3) is 0.200. The molecule has 5 rings (SSSR count). The first-order valence-corrected chi connectivity index (χ1v) is 14.0. The van der Waals surface area contributed by atoms with E-state index in [9.17, 15) is 13.2 Å². The number of H-pyrrole nitrogens is 1. The molecule has 7 nitrogen and oxygen atoms in total. The van der Waals surface area contributed by atoms with E-state index < -0.39 is 10.0 Å². The minimum atomic E-state index is -3.87. The molecule has 1 aromatic heterocycles. The van der Waals surface area contributed by atoms with E-state index in [4.69, 9.17) is 11.6 Å². The summed E-state index contributed by atoms with van der Waals surface area (Å²) >= 11 is 7.34. The van der Waals surface area contributed by atoms with Crippen molar-refractivity contribution in [2.75, 3.05) is 29.1 Å². The van der Waals surface area contributed by atoms with Crippen LogP contribution in [0.2, 0.25) is 5.02 Å². The minimum absolute atomic E-state index is 0.0169. The van der Waals surface area contributed by atoms with Gasteiger partial charge in [-0.2, -0.15) is 8.42 Å². The number of halogens is 1. The zero-order valence-electron chi connectivity index (χ0n) is 18.8. The van der Waals surface area contributed by atoms with Crippen LogP contribution in [0.25, 0.3) is 11.0 Å². The van der Waals surface area contributed by atoms with Gasteiger partial charge < -0.3 is 10.2 Å². The van der Waals surface area contributed by atoms with E-state index in [1.165, 1.54) is 3.97 Å². The highest BCUT2D eigenvalue weighted by Gasteiger charge is 2.32. The fourth-order valence-corrected chi connectivity index (χ4v) is 6.98. The van der Waals surface area contributed by atoms with Crippen LogP contribution in [0.4, 0.5) is 11.4 Å². The van der Waals surface area contributed by atoms with Gasteiger partial charge in [-0.05, 0) is 67.1 Å². The molecule has 3 aromatic carbocycles. The number of fused-ring (bicyclic) bond motifs is 1. The number of anilines is 2. The van der Waals surface area contributed by atoms with Crippen LogP contribution >= 0.6 is 23.4 Å². The van der Waals surface area contributed by atoms with Gasteiger partial charge in [-0.3, -0.25) is 4.79 Å². The summed E-state index contributed by atoms with van der Waals surface area (Å²) < 4.78 is 28.3. The number of hydrogen-bond acceptors (Lipinski definition) is 5. The number of hydrogen-bond donors (Lipinski definition) is 2. The zero-order chi connectivity index (χ0) is 24.4. The molecule has 1 fully saturated rings. The van der Waals surface area contributed by atoms with Gasteiger partial charge in [0, 0.05) is 18.1 Å². The molecule has 35 heavy (non-hydrogen) atoms. The lowest BCUT2D eigenvalue weighted by Gasteiger charge is -2.21. The molecule has 1 saturated heterocycles. The fourth-order valence-electron chi connectivity index (χ4n) is 4.23. The van der Waals surface area contributed by atoms with Crippen molar-refractivity contribution in [3.63, 3.8) is 0 Å². The summed E-state index contributed by atoms with van der Waals surface area (Å²) in [6.07, 6.45) is 2.23. The van der Waals surface area contributed by atoms with Crippen molar-refractivity contribution in [1.82, 2.24) is 4.98 Å². The van der Waals surface area contributed by atoms with Gasteiger partial charge in [-0.15, -0.1) is 3.97 Å². The summed E-state index contributed by atoms with van der Waals surface area (Å²) in [6.45, 7) is 1.87. The highest BCUT2D eigenvalue weighted by molar-refractivity contribution is 8.00. The average molecular weight is 528 g/mol. The maximum Gasteiger partial charge on any atom is 0.336 e. The first-order chi connectivity index (χ1) is 16.9. The number of aromatic nitrogens is 2. The Morgan fingerprint density at radius 1 is 1.03 bits per heavy atom. The third-order valence-corrected chi connectivity index (χ3v) is 8.89. The normalized spacial score (nSPS) is 13.9. The predicted molar refractivity (Wildman–Crippen MR) is 140 cm³/mol. The second kappa shape index (κ2) is 9.93. The van der Waals surface area contributed by atoms with Gasteiger partial charge in [-0.25, -0.2) is 4.98 Å². The SMILES string of the molecule is O=C(CSc1[nH]c2ccccc2[n+]1S(=O)(=O)c1ccccc1)Nc1cc(Cl)ccc1N1CCCC1. The molecular formula is C25H24ClN4O3S2+. The Labute approximate surface area is 213 Å². The average Bonchev–Trinajstić information content (AvgIpc) is 3.52. The predicted octanol–water partition coefficient (Wildman–Crippen LogP) is 4.68. The van der Waals surface area contributed by atoms with Crippen LogP contribution in [0, 0.1) is 0 Å². The lowest BCUT2D eigenvalue weighted by molar-refractivity contribution is -0.526. The summed E-state index contributed by atoms with van der Waals surface area (Å²) in [5.74, 6) is -0.233. The van der Waals surface area contributed by atoms with Crippen molar-refractivity contribution in [3.8, 4) is 0 Å². The summed E-state index contributed by atoms with van der Waals surface area (Å²) in [4.78, 5) is 18.5. The molecule has 0 radical (unpaired) electrons. The summed E-state index contributed by atoms with van der Waals surface area (Å²) in [7, 11) is -3.87. The molecule has 10 heteroatoms. The molecule has 1 amide bonds. The number of nitrogens with one attached hydrogen (secondary N) is 2. The van der Waals surface area contributed by atoms with E-state index >= 15 is 0 Å². The molecule has 2 N–H and O–H groups in total. The van der Waals surface area contributed by atoms with Crippen LogP contribution in [-0.2, 0) is 14.8 Å². The molecule has 0 saturated carbocycles. The van der Waals surface area contributed by atoms with E-state index in [-0.39, 0.29) is 16.6 Å². The lowest BCUT2D eigenvalue weighted by atomic mass is 10.2. The lowest BCUT2D eigenvalue weighted by Crippen LogP contribution is -2.44. The van der Waals surface area contributed by atoms with Crippen molar-refractivity contribution < 1.29 is 17.2 Å². The first-order valence-electron chi connectivity index (χ1n) is 11.2. The monoisotopic (exact) mass is 527 g/mol. The molecule has 0 atom stereocenters. The number of nitrogens with zero attached hydrogens (tertiary/aromatic N) is 2. The van der Waals surface area contributed by atoms with Gasteiger partial charge in [0.05, 0.1) is 17.1 Å². The van der Waals surface area contributed by atoms with Crippen molar-refractivity contribution >= 4 is 61.7 Å². The van der Waals surface area contributed by atoms with Gasteiger partial charge >= 0.3 is 15.2 Å². The summed E-state index contributed by atoms with van der Waals surface area (Å²) in [5.41, 5.74) is 2.79. The third-order valence-electron chi connectivity index (χ3n) is 5.85. The molecular weight excluding hydrogens is 504 g/mol. The summed E-state index contributed by atoms with van der Waals surface area (Å²) in [6, 6.07) is 20.9. The maximum absolute atomic E-state index is 13.5. The number of rotatable bonds is 7. The Kier molecular flexibility index (Phi) is 6.73. The van der Waals surface area contributed by atoms with E-state index in [2.05, 4.69) is 15.2 Å². The third kappa shape index (κ3) is 4.89. The number of carbonyl (C=O) groups is 1. The Bertz CT molecular complexity index is 1480. The molecule has 1 aliphatic rings. The van der Waals surface area contributed by atoms with Gasteiger partial charge in [0.2, 0.25) is 5.91 Å². The topological polar surface area (TPSA) is 86.1 Å². The van der Waals surface area contributed by atoms with Gasteiger partial charge in [0.25, 0.3) is 0 Å². The van der Waals surface area contributed by atoms with Gasteiger partial charge in [0.1, 0.15) is 4.90 Å². The molecule has 4 aromatic rings. The molecule has 0 spiro atoms. The number of para-hydroxylation sites is 2. The number of aromatic amines is 1. The van der Waals surface area contributed by atoms with E-state index in [0.717, 1.165) is 43.4 Å². The number of amides is 1. The second-order valence-electron chi connectivity index (χ2n) is 8.22. The Morgan fingerprint density at radius 2 is 1.74 bits per heavy atom.